The van der Waals surface area contributed by atoms with Gasteiger partial charge in [-0.15, -0.1) is 0 Å². The smallest absolute Gasteiger partial charge is 0.218 e. The fraction of sp³-hybridized carbons (Fsp3) is 0.375. The van der Waals surface area contributed by atoms with Gasteiger partial charge in [0.05, 0.1) is 0 Å². The van der Waals surface area contributed by atoms with Crippen LogP contribution >= 0.6 is 0 Å². The molecule has 12 heavy (non-hydrogen) atoms. The molecule has 1 rings (SSSR count). The summed E-state index contributed by atoms with van der Waals surface area (Å²) >= 11 is 0. The predicted molar refractivity (Wildman–Crippen MR) is 38.6 cm³/mol. The molecule has 0 aliphatic heterocycles. The standard InChI is InChI=1S/C8H8F3N/c1-4-3-6(9)12-7(5(4)2)8(10)11/h3,8H,1-2H3. The van der Waals surface area contributed by atoms with Crippen LogP contribution < -0.4 is 0 Å². The van der Waals surface area contributed by atoms with Gasteiger partial charge in [-0.3, -0.25) is 0 Å². The van der Waals surface area contributed by atoms with Gasteiger partial charge in [-0.05, 0) is 31.0 Å². The molecule has 0 spiro atoms. The first-order valence-corrected chi connectivity index (χ1v) is 3.44. The van der Waals surface area contributed by atoms with Crippen LogP contribution in [-0.2, 0) is 0 Å². The molecule has 0 N–H and O–H groups in total. The Balaban J connectivity index is 3.28. The molecular formula is C8H8F3N. The van der Waals surface area contributed by atoms with E-state index in [0.717, 1.165) is 6.07 Å². The number of pyridine rings is 1. The van der Waals surface area contributed by atoms with E-state index in [1.54, 1.807) is 6.92 Å². The fourth-order valence-corrected chi connectivity index (χ4v) is 0.933. The quantitative estimate of drug-likeness (QED) is 0.598. The largest absolute Gasteiger partial charge is 0.280 e. The molecule has 0 aromatic carbocycles. The Kier molecular flexibility index (Phi) is 2.35. The highest BCUT2D eigenvalue weighted by molar-refractivity contribution is 5.28. The van der Waals surface area contributed by atoms with Crippen molar-refractivity contribution in [1.29, 1.82) is 0 Å². The van der Waals surface area contributed by atoms with E-state index < -0.39 is 18.1 Å². The van der Waals surface area contributed by atoms with Gasteiger partial charge in [-0.25, -0.2) is 13.8 Å². The Morgan fingerprint density at radius 2 is 1.92 bits per heavy atom. The highest BCUT2D eigenvalue weighted by Gasteiger charge is 2.14. The van der Waals surface area contributed by atoms with Crippen molar-refractivity contribution >= 4 is 0 Å². The van der Waals surface area contributed by atoms with E-state index in [2.05, 4.69) is 4.98 Å². The maximum Gasteiger partial charge on any atom is 0.280 e. The second kappa shape index (κ2) is 3.13. The number of hydrogen-bond acceptors (Lipinski definition) is 1. The normalized spacial score (nSPS) is 10.8. The molecule has 0 unspecified atom stereocenters. The first-order valence-electron chi connectivity index (χ1n) is 3.44. The van der Waals surface area contributed by atoms with E-state index in [1.807, 2.05) is 0 Å². The van der Waals surface area contributed by atoms with E-state index in [0.29, 0.717) is 11.1 Å². The van der Waals surface area contributed by atoms with Crippen LogP contribution in [0.1, 0.15) is 23.2 Å². The molecule has 0 atom stereocenters. The van der Waals surface area contributed by atoms with Crippen molar-refractivity contribution in [3.05, 3.63) is 28.8 Å². The van der Waals surface area contributed by atoms with E-state index >= 15 is 0 Å². The molecule has 4 heteroatoms. The van der Waals surface area contributed by atoms with Crippen molar-refractivity contribution in [1.82, 2.24) is 4.98 Å². The molecule has 1 nitrogen and oxygen atoms in total. The molecule has 0 bridgehead atoms. The number of nitrogens with zero attached hydrogens (tertiary/aromatic N) is 1. The highest BCUT2D eigenvalue weighted by atomic mass is 19.3. The van der Waals surface area contributed by atoms with Gasteiger partial charge in [0.25, 0.3) is 6.43 Å². The number of halogens is 3. The lowest BCUT2D eigenvalue weighted by Crippen LogP contribution is -1.99. The molecule has 0 saturated carbocycles. The van der Waals surface area contributed by atoms with Gasteiger partial charge in [0, 0.05) is 0 Å². The van der Waals surface area contributed by atoms with Crippen molar-refractivity contribution in [2.24, 2.45) is 0 Å². The summed E-state index contributed by atoms with van der Waals surface area (Å²) < 4.78 is 36.8. The minimum atomic E-state index is -2.71. The van der Waals surface area contributed by atoms with Gasteiger partial charge < -0.3 is 0 Å². The summed E-state index contributed by atoms with van der Waals surface area (Å²) in [5.74, 6) is -0.853. The van der Waals surface area contributed by atoms with Crippen LogP contribution in [0.3, 0.4) is 0 Å². The Hall–Kier alpha value is -1.06. The highest BCUT2D eigenvalue weighted by Crippen LogP contribution is 2.22. The van der Waals surface area contributed by atoms with Crippen LogP contribution in [0.4, 0.5) is 13.2 Å². The minimum absolute atomic E-state index is 0.353. The van der Waals surface area contributed by atoms with Crippen molar-refractivity contribution in [2.45, 2.75) is 20.3 Å². The predicted octanol–water partition coefficient (Wildman–Crippen LogP) is 2.78. The molecule has 0 radical (unpaired) electrons. The number of aromatic nitrogens is 1. The zero-order chi connectivity index (χ0) is 9.30. The zero-order valence-corrected chi connectivity index (χ0v) is 6.74. The summed E-state index contributed by atoms with van der Waals surface area (Å²) in [6.45, 7) is 3.08. The fourth-order valence-electron chi connectivity index (χ4n) is 0.933. The molecule has 1 aromatic rings. The Morgan fingerprint density at radius 1 is 1.33 bits per heavy atom. The monoisotopic (exact) mass is 175 g/mol. The van der Waals surface area contributed by atoms with Crippen LogP contribution in [0.5, 0.6) is 0 Å². The molecule has 0 fully saturated rings. The zero-order valence-electron chi connectivity index (χ0n) is 6.74. The van der Waals surface area contributed by atoms with E-state index in [4.69, 9.17) is 0 Å². The Morgan fingerprint density at radius 3 is 2.42 bits per heavy atom. The molecule has 0 aliphatic carbocycles. The van der Waals surface area contributed by atoms with Crippen LogP contribution in [0.2, 0.25) is 0 Å². The number of hydrogen-bond donors (Lipinski definition) is 0. The van der Waals surface area contributed by atoms with Gasteiger partial charge in [0.2, 0.25) is 5.95 Å². The van der Waals surface area contributed by atoms with Crippen molar-refractivity contribution in [2.75, 3.05) is 0 Å². The summed E-state index contributed by atoms with van der Waals surface area (Å²) in [7, 11) is 0. The summed E-state index contributed by atoms with van der Waals surface area (Å²) in [5.41, 5.74) is 0.386. The first-order chi connectivity index (χ1) is 5.52. The number of rotatable bonds is 1. The molecular weight excluding hydrogens is 167 g/mol. The average molecular weight is 175 g/mol. The molecule has 1 heterocycles. The number of alkyl halides is 2. The Bertz CT molecular complexity index is 297. The van der Waals surface area contributed by atoms with Crippen molar-refractivity contribution in [3.63, 3.8) is 0 Å². The molecule has 66 valence electrons. The van der Waals surface area contributed by atoms with Crippen molar-refractivity contribution < 1.29 is 13.2 Å². The minimum Gasteiger partial charge on any atom is -0.218 e. The van der Waals surface area contributed by atoms with E-state index in [-0.39, 0.29) is 0 Å². The first kappa shape index (κ1) is 9.03. The van der Waals surface area contributed by atoms with E-state index in [9.17, 15) is 13.2 Å². The second-order valence-corrected chi connectivity index (χ2v) is 2.57. The van der Waals surface area contributed by atoms with Gasteiger partial charge >= 0.3 is 0 Å². The molecule has 0 saturated heterocycles. The average Bonchev–Trinajstić information content (AvgIpc) is 1.96. The van der Waals surface area contributed by atoms with E-state index in [1.165, 1.54) is 6.92 Å². The van der Waals surface area contributed by atoms with Gasteiger partial charge in [-0.2, -0.15) is 4.39 Å². The third-order valence-electron chi connectivity index (χ3n) is 1.75. The maximum absolute atomic E-state index is 12.5. The van der Waals surface area contributed by atoms with Gasteiger partial charge in [0.1, 0.15) is 5.69 Å². The summed E-state index contributed by atoms with van der Waals surface area (Å²) in [4.78, 5) is 3.12. The van der Waals surface area contributed by atoms with Crippen LogP contribution in [0, 0.1) is 19.8 Å². The SMILES string of the molecule is Cc1cc(F)nc(C(F)F)c1C. The van der Waals surface area contributed by atoms with Crippen LogP contribution in [-0.4, -0.2) is 4.98 Å². The summed E-state index contributed by atoms with van der Waals surface area (Å²) in [5, 5.41) is 0. The molecule has 0 amide bonds. The topological polar surface area (TPSA) is 12.9 Å². The van der Waals surface area contributed by atoms with Gasteiger partial charge in [-0.1, -0.05) is 0 Å². The lowest BCUT2D eigenvalue weighted by molar-refractivity contribution is 0.144. The summed E-state index contributed by atoms with van der Waals surface area (Å²) in [6, 6.07) is 1.14. The third kappa shape index (κ3) is 1.57. The van der Waals surface area contributed by atoms with Crippen molar-refractivity contribution in [3.8, 4) is 0 Å². The summed E-state index contributed by atoms with van der Waals surface area (Å²) in [6.07, 6.45) is -2.71. The van der Waals surface area contributed by atoms with Crippen LogP contribution in [0.25, 0.3) is 0 Å². The maximum atomic E-state index is 12.5. The second-order valence-electron chi connectivity index (χ2n) is 2.57. The van der Waals surface area contributed by atoms with Crippen LogP contribution in [0.15, 0.2) is 6.07 Å². The molecule has 0 aliphatic rings. The lowest BCUT2D eigenvalue weighted by atomic mass is 10.1. The molecule has 1 aromatic heterocycles. The van der Waals surface area contributed by atoms with Gasteiger partial charge in [0.15, 0.2) is 0 Å². The third-order valence-corrected chi connectivity index (χ3v) is 1.75. The lowest BCUT2D eigenvalue weighted by Gasteiger charge is -2.05. The Labute approximate surface area is 68.2 Å². The number of aryl methyl sites for hydroxylation is 1.